The number of fused-ring (bicyclic) bond motifs is 2. The van der Waals surface area contributed by atoms with Crippen LogP contribution in [-0.2, 0) is 4.79 Å². The summed E-state index contributed by atoms with van der Waals surface area (Å²) in [5, 5.41) is 7.28. The molecule has 0 radical (unpaired) electrons. The SMILES string of the molecule is COc1cc2c(OC)cccc2cc1C(=O)N1CCC2(C1)NC(=O)c1cc(NC(C)=O)ccc1O2. The lowest BCUT2D eigenvalue weighted by Crippen LogP contribution is -2.57. The van der Waals surface area contributed by atoms with E-state index >= 15 is 0 Å². The van der Waals surface area contributed by atoms with Crippen LogP contribution in [0.4, 0.5) is 5.69 Å². The second kappa shape index (κ2) is 8.50. The van der Waals surface area contributed by atoms with E-state index in [0.717, 1.165) is 10.8 Å². The van der Waals surface area contributed by atoms with Gasteiger partial charge in [-0.25, -0.2) is 0 Å². The summed E-state index contributed by atoms with van der Waals surface area (Å²) in [6, 6.07) is 14.1. The summed E-state index contributed by atoms with van der Waals surface area (Å²) >= 11 is 0. The first kappa shape index (κ1) is 22.5. The Kier molecular flexibility index (Phi) is 5.47. The van der Waals surface area contributed by atoms with Gasteiger partial charge < -0.3 is 29.7 Å². The Morgan fingerprint density at radius 1 is 1.09 bits per heavy atom. The van der Waals surface area contributed by atoms with Gasteiger partial charge in [0.25, 0.3) is 11.8 Å². The first-order valence-electron chi connectivity index (χ1n) is 11.2. The Hall–Kier alpha value is -4.27. The van der Waals surface area contributed by atoms with Crippen molar-refractivity contribution in [1.82, 2.24) is 10.2 Å². The van der Waals surface area contributed by atoms with Gasteiger partial charge in [-0.05, 0) is 41.8 Å². The molecule has 1 fully saturated rings. The molecule has 5 rings (SSSR count). The van der Waals surface area contributed by atoms with E-state index in [1.807, 2.05) is 18.2 Å². The van der Waals surface area contributed by atoms with Crippen molar-refractivity contribution in [2.24, 2.45) is 0 Å². The maximum Gasteiger partial charge on any atom is 0.258 e. The molecule has 1 atom stereocenters. The van der Waals surface area contributed by atoms with Crippen LogP contribution < -0.4 is 24.8 Å². The van der Waals surface area contributed by atoms with Crippen molar-refractivity contribution in [1.29, 1.82) is 0 Å². The summed E-state index contributed by atoms with van der Waals surface area (Å²) in [4.78, 5) is 39.4. The summed E-state index contributed by atoms with van der Waals surface area (Å²) < 4.78 is 17.2. The fourth-order valence-electron chi connectivity index (χ4n) is 4.69. The Labute approximate surface area is 201 Å². The highest BCUT2D eigenvalue weighted by Crippen LogP contribution is 2.37. The molecule has 3 aromatic rings. The van der Waals surface area contributed by atoms with Gasteiger partial charge in [-0.2, -0.15) is 0 Å². The van der Waals surface area contributed by atoms with Gasteiger partial charge in [0.1, 0.15) is 17.2 Å². The lowest BCUT2D eigenvalue weighted by Gasteiger charge is -2.36. The zero-order valence-corrected chi connectivity index (χ0v) is 19.6. The van der Waals surface area contributed by atoms with Gasteiger partial charge in [-0.3, -0.25) is 14.4 Å². The van der Waals surface area contributed by atoms with Crippen molar-refractivity contribution >= 4 is 34.2 Å². The summed E-state index contributed by atoms with van der Waals surface area (Å²) in [5.74, 6) is 0.783. The van der Waals surface area contributed by atoms with Crippen molar-refractivity contribution in [3.8, 4) is 17.2 Å². The molecule has 9 nitrogen and oxygen atoms in total. The molecule has 35 heavy (non-hydrogen) atoms. The number of carbonyl (C=O) groups is 3. The molecule has 1 saturated heterocycles. The number of methoxy groups -OCH3 is 2. The third-order valence-electron chi connectivity index (χ3n) is 6.32. The van der Waals surface area contributed by atoms with Crippen molar-refractivity contribution in [2.45, 2.75) is 19.1 Å². The van der Waals surface area contributed by atoms with Gasteiger partial charge in [-0.1, -0.05) is 12.1 Å². The van der Waals surface area contributed by atoms with Crippen LogP contribution in [0.2, 0.25) is 0 Å². The quantitative estimate of drug-likeness (QED) is 0.600. The standard InChI is InChI=1S/C26H25N3O6/c1-15(30)27-17-7-8-22-19(12-17)24(31)28-26(35-22)9-10-29(14-26)25(32)20-11-16-5-4-6-21(33-2)18(16)13-23(20)34-3/h4-8,11-13H,9-10,14H2,1-3H3,(H,27,30)(H,28,31). The zero-order chi connectivity index (χ0) is 24.7. The normalized spacial score (nSPS) is 18.6. The number of likely N-dealkylation sites (tertiary alicyclic amines) is 1. The number of amides is 3. The molecule has 0 bridgehead atoms. The van der Waals surface area contributed by atoms with Crippen LogP contribution in [0.15, 0.2) is 48.5 Å². The molecule has 2 aliphatic rings. The number of benzene rings is 3. The summed E-state index contributed by atoms with van der Waals surface area (Å²) in [5.41, 5.74) is 0.238. The van der Waals surface area contributed by atoms with Gasteiger partial charge in [0.05, 0.1) is 31.9 Å². The molecular formula is C26H25N3O6. The maximum absolute atomic E-state index is 13.5. The first-order chi connectivity index (χ1) is 16.8. The van der Waals surface area contributed by atoms with Crippen molar-refractivity contribution in [3.05, 3.63) is 59.7 Å². The maximum atomic E-state index is 13.5. The number of nitrogens with one attached hydrogen (secondary N) is 2. The number of carbonyl (C=O) groups excluding carboxylic acids is 3. The number of anilines is 1. The minimum atomic E-state index is -1.03. The van der Waals surface area contributed by atoms with E-state index in [1.165, 1.54) is 14.0 Å². The van der Waals surface area contributed by atoms with Crippen LogP contribution in [-0.4, -0.2) is 55.7 Å². The Balaban J connectivity index is 1.41. The molecular weight excluding hydrogens is 450 g/mol. The van der Waals surface area contributed by atoms with Crippen molar-refractivity contribution in [2.75, 3.05) is 32.6 Å². The lowest BCUT2D eigenvalue weighted by molar-refractivity contribution is -0.114. The second-order valence-corrected chi connectivity index (χ2v) is 8.65. The third kappa shape index (κ3) is 3.99. The number of hydrogen-bond acceptors (Lipinski definition) is 6. The Morgan fingerprint density at radius 3 is 2.63 bits per heavy atom. The largest absolute Gasteiger partial charge is 0.496 e. The van der Waals surface area contributed by atoms with Crippen LogP contribution in [0, 0.1) is 0 Å². The second-order valence-electron chi connectivity index (χ2n) is 8.65. The number of ether oxygens (including phenoxy) is 3. The molecule has 2 aliphatic heterocycles. The van der Waals surface area contributed by atoms with Crippen LogP contribution in [0.1, 0.15) is 34.1 Å². The van der Waals surface area contributed by atoms with E-state index in [-0.39, 0.29) is 24.3 Å². The van der Waals surface area contributed by atoms with E-state index in [9.17, 15) is 14.4 Å². The van der Waals surface area contributed by atoms with Gasteiger partial charge in [0.15, 0.2) is 0 Å². The molecule has 3 amide bonds. The van der Waals surface area contributed by atoms with Gasteiger partial charge in [-0.15, -0.1) is 0 Å². The Morgan fingerprint density at radius 2 is 1.89 bits per heavy atom. The highest BCUT2D eigenvalue weighted by atomic mass is 16.5. The highest BCUT2D eigenvalue weighted by molar-refractivity contribution is 6.03. The molecule has 180 valence electrons. The van der Waals surface area contributed by atoms with Crippen molar-refractivity contribution in [3.63, 3.8) is 0 Å². The van der Waals surface area contributed by atoms with E-state index < -0.39 is 5.72 Å². The van der Waals surface area contributed by atoms with E-state index in [1.54, 1.807) is 42.3 Å². The minimum Gasteiger partial charge on any atom is -0.496 e. The third-order valence-corrected chi connectivity index (χ3v) is 6.32. The van der Waals surface area contributed by atoms with Gasteiger partial charge in [0, 0.05) is 31.0 Å². The molecule has 0 aliphatic carbocycles. The molecule has 1 spiro atoms. The monoisotopic (exact) mass is 475 g/mol. The lowest BCUT2D eigenvalue weighted by atomic mass is 10.0. The Bertz CT molecular complexity index is 1370. The first-order valence-corrected chi connectivity index (χ1v) is 11.2. The van der Waals surface area contributed by atoms with Crippen LogP contribution in [0.25, 0.3) is 10.8 Å². The smallest absolute Gasteiger partial charge is 0.258 e. The average molecular weight is 476 g/mol. The van der Waals surface area contributed by atoms with E-state index in [2.05, 4.69) is 10.6 Å². The van der Waals surface area contributed by atoms with Gasteiger partial charge >= 0.3 is 0 Å². The van der Waals surface area contributed by atoms with E-state index in [4.69, 9.17) is 14.2 Å². The number of nitrogens with zero attached hydrogens (tertiary/aromatic N) is 1. The average Bonchev–Trinajstić information content (AvgIpc) is 3.25. The molecule has 3 aromatic carbocycles. The topological polar surface area (TPSA) is 106 Å². The van der Waals surface area contributed by atoms with Crippen molar-refractivity contribution < 1.29 is 28.6 Å². The fourth-order valence-corrected chi connectivity index (χ4v) is 4.69. The zero-order valence-electron chi connectivity index (χ0n) is 19.6. The number of hydrogen-bond donors (Lipinski definition) is 2. The van der Waals surface area contributed by atoms with Crippen LogP contribution >= 0.6 is 0 Å². The minimum absolute atomic E-state index is 0.184. The molecule has 0 aromatic heterocycles. The summed E-state index contributed by atoms with van der Waals surface area (Å²) in [6.45, 7) is 1.98. The highest BCUT2D eigenvalue weighted by Gasteiger charge is 2.47. The van der Waals surface area contributed by atoms with Crippen LogP contribution in [0.3, 0.4) is 0 Å². The molecule has 1 unspecified atom stereocenters. The van der Waals surface area contributed by atoms with Crippen LogP contribution in [0.5, 0.6) is 17.2 Å². The molecule has 2 N–H and O–H groups in total. The number of rotatable bonds is 4. The molecule has 9 heteroatoms. The van der Waals surface area contributed by atoms with Gasteiger partial charge in [0.2, 0.25) is 11.6 Å². The summed E-state index contributed by atoms with van der Waals surface area (Å²) in [7, 11) is 3.12. The predicted molar refractivity (Wildman–Crippen MR) is 129 cm³/mol. The molecule has 0 saturated carbocycles. The van der Waals surface area contributed by atoms with E-state index in [0.29, 0.717) is 47.0 Å². The summed E-state index contributed by atoms with van der Waals surface area (Å²) in [6.07, 6.45) is 0.432. The fraction of sp³-hybridized carbons (Fsp3) is 0.269. The predicted octanol–water partition coefficient (Wildman–Crippen LogP) is 3.18. The molecule has 2 heterocycles.